The fourth-order valence-corrected chi connectivity index (χ4v) is 2.88. The summed E-state index contributed by atoms with van der Waals surface area (Å²) in [7, 11) is 0. The van der Waals surface area contributed by atoms with Crippen molar-refractivity contribution in [2.75, 3.05) is 59.1 Å². The van der Waals surface area contributed by atoms with Crippen LogP contribution in [0.15, 0.2) is 18.2 Å². The smallest absolute Gasteiger partial charge is 0.119 e. The van der Waals surface area contributed by atoms with Gasteiger partial charge in [0.25, 0.3) is 0 Å². The summed E-state index contributed by atoms with van der Waals surface area (Å²) in [5, 5.41) is 10.1. The van der Waals surface area contributed by atoms with Crippen molar-refractivity contribution in [2.24, 2.45) is 0 Å². The first-order valence-electron chi connectivity index (χ1n) is 8.99. The number of hydrogen-bond acceptors (Lipinski definition) is 5. The van der Waals surface area contributed by atoms with Crippen LogP contribution < -0.4 is 4.74 Å². The quantitative estimate of drug-likeness (QED) is 0.696. The van der Waals surface area contributed by atoms with Gasteiger partial charge in [-0.3, -0.25) is 4.90 Å². The number of aryl methyl sites for hydroxylation is 2. The molecule has 1 N–H and O–H groups in total. The largest absolute Gasteiger partial charge is 0.491 e. The highest BCUT2D eigenvalue weighted by Crippen LogP contribution is 2.16. The molecule has 1 saturated heterocycles. The van der Waals surface area contributed by atoms with Gasteiger partial charge in [-0.1, -0.05) is 13.0 Å². The molecule has 1 aromatic carbocycles. The zero-order valence-corrected chi connectivity index (χ0v) is 15.3. The number of piperazine rings is 1. The first kappa shape index (κ1) is 19.2. The first-order chi connectivity index (χ1) is 11.6. The number of nitrogens with zero attached hydrogens (tertiary/aromatic N) is 2. The third kappa shape index (κ3) is 6.40. The normalized spacial score (nSPS) is 17.8. The third-order valence-corrected chi connectivity index (χ3v) is 4.67. The second kappa shape index (κ2) is 9.99. The molecule has 0 bridgehead atoms. The number of benzene rings is 1. The highest BCUT2D eigenvalue weighted by Gasteiger charge is 2.18. The Morgan fingerprint density at radius 3 is 2.42 bits per heavy atom. The number of hydrogen-bond donors (Lipinski definition) is 1. The molecule has 0 aliphatic carbocycles. The Kier molecular flexibility index (Phi) is 7.99. The van der Waals surface area contributed by atoms with Crippen molar-refractivity contribution in [3.8, 4) is 5.75 Å². The van der Waals surface area contributed by atoms with Crippen molar-refractivity contribution in [3.05, 3.63) is 29.3 Å². The van der Waals surface area contributed by atoms with E-state index in [1.54, 1.807) is 0 Å². The molecule has 24 heavy (non-hydrogen) atoms. The van der Waals surface area contributed by atoms with Crippen LogP contribution in [0.1, 0.15) is 18.1 Å². The number of aliphatic hydroxyl groups excluding tert-OH is 1. The molecule has 0 aromatic heterocycles. The van der Waals surface area contributed by atoms with Gasteiger partial charge in [0.05, 0.1) is 19.3 Å². The lowest BCUT2D eigenvalue weighted by molar-refractivity contribution is 0.000388. The Bertz CT molecular complexity index is 488. The molecular formula is C19H32N2O3. The van der Waals surface area contributed by atoms with Crippen LogP contribution in [0, 0.1) is 13.8 Å². The molecule has 1 atom stereocenters. The van der Waals surface area contributed by atoms with Crippen LogP contribution in [0.4, 0.5) is 0 Å². The lowest BCUT2D eigenvalue weighted by Crippen LogP contribution is -2.48. The summed E-state index contributed by atoms with van der Waals surface area (Å²) in [5.41, 5.74) is 2.49. The highest BCUT2D eigenvalue weighted by atomic mass is 16.5. The minimum Gasteiger partial charge on any atom is -0.491 e. The summed E-state index contributed by atoms with van der Waals surface area (Å²) >= 11 is 0. The Hall–Kier alpha value is -1.14. The van der Waals surface area contributed by atoms with Crippen LogP contribution >= 0.6 is 0 Å². The predicted molar refractivity (Wildman–Crippen MR) is 96.8 cm³/mol. The fraction of sp³-hybridized carbons (Fsp3) is 0.684. The molecule has 0 saturated carbocycles. The van der Waals surface area contributed by atoms with E-state index in [1.807, 2.05) is 12.1 Å². The van der Waals surface area contributed by atoms with Gasteiger partial charge in [0.1, 0.15) is 12.4 Å². The van der Waals surface area contributed by atoms with E-state index in [4.69, 9.17) is 9.47 Å². The molecule has 1 aromatic rings. The predicted octanol–water partition coefficient (Wildman–Crippen LogP) is 1.70. The Morgan fingerprint density at radius 1 is 1.04 bits per heavy atom. The molecular weight excluding hydrogens is 304 g/mol. The maximum atomic E-state index is 10.1. The van der Waals surface area contributed by atoms with Crippen molar-refractivity contribution in [1.82, 2.24) is 9.80 Å². The average Bonchev–Trinajstić information content (AvgIpc) is 2.58. The molecule has 5 heteroatoms. The van der Waals surface area contributed by atoms with Gasteiger partial charge in [0.15, 0.2) is 0 Å². The molecule has 1 fully saturated rings. The lowest BCUT2D eigenvalue weighted by atomic mass is 10.1. The monoisotopic (exact) mass is 336 g/mol. The third-order valence-electron chi connectivity index (χ3n) is 4.67. The second-order valence-electron chi connectivity index (χ2n) is 6.56. The molecule has 0 spiro atoms. The van der Waals surface area contributed by atoms with E-state index in [9.17, 15) is 5.11 Å². The molecule has 5 nitrogen and oxygen atoms in total. The van der Waals surface area contributed by atoms with Crippen LogP contribution in [0.5, 0.6) is 5.75 Å². The average molecular weight is 336 g/mol. The maximum Gasteiger partial charge on any atom is 0.119 e. The van der Waals surface area contributed by atoms with Crippen LogP contribution in [0.25, 0.3) is 0 Å². The number of ether oxygens (including phenoxy) is 2. The van der Waals surface area contributed by atoms with Gasteiger partial charge in [-0.15, -0.1) is 0 Å². The van der Waals surface area contributed by atoms with E-state index in [-0.39, 0.29) is 0 Å². The van der Waals surface area contributed by atoms with Gasteiger partial charge >= 0.3 is 0 Å². The van der Waals surface area contributed by atoms with Crippen molar-refractivity contribution < 1.29 is 14.6 Å². The van der Waals surface area contributed by atoms with Crippen LogP contribution in [0.3, 0.4) is 0 Å². The molecule has 1 aliphatic heterocycles. The second-order valence-corrected chi connectivity index (χ2v) is 6.56. The number of likely N-dealkylation sites (N-methyl/N-ethyl adjacent to an activating group) is 1. The van der Waals surface area contributed by atoms with Gasteiger partial charge in [-0.25, -0.2) is 0 Å². The van der Waals surface area contributed by atoms with E-state index < -0.39 is 6.10 Å². The Morgan fingerprint density at radius 2 is 1.75 bits per heavy atom. The topological polar surface area (TPSA) is 45.2 Å². The molecule has 136 valence electrons. The van der Waals surface area contributed by atoms with E-state index >= 15 is 0 Å². The zero-order chi connectivity index (χ0) is 17.4. The summed E-state index contributed by atoms with van der Waals surface area (Å²) in [5.74, 6) is 0.871. The van der Waals surface area contributed by atoms with E-state index in [0.29, 0.717) is 26.4 Å². The van der Waals surface area contributed by atoms with Crippen LogP contribution in [0.2, 0.25) is 0 Å². The number of rotatable bonds is 9. The van der Waals surface area contributed by atoms with E-state index in [2.05, 4.69) is 36.6 Å². The van der Waals surface area contributed by atoms with Crippen molar-refractivity contribution >= 4 is 0 Å². The molecule has 0 amide bonds. The molecule has 1 heterocycles. The summed E-state index contributed by atoms with van der Waals surface area (Å²) < 4.78 is 11.2. The molecule has 2 rings (SSSR count). The van der Waals surface area contributed by atoms with E-state index in [1.165, 1.54) is 11.1 Å². The van der Waals surface area contributed by atoms with Crippen molar-refractivity contribution in [3.63, 3.8) is 0 Å². The number of β-amino-alcohol motifs (C(OH)–C–C–N with tert-alkyl or cyclic N) is 1. The number of aliphatic hydroxyl groups is 1. The first-order valence-corrected chi connectivity index (χ1v) is 8.99. The lowest BCUT2D eigenvalue weighted by Gasteiger charge is -2.34. The van der Waals surface area contributed by atoms with Gasteiger partial charge in [-0.2, -0.15) is 0 Å². The summed E-state index contributed by atoms with van der Waals surface area (Å²) in [4.78, 5) is 4.75. The minimum absolute atomic E-state index is 0.365. The molecule has 0 radical (unpaired) electrons. The Labute approximate surface area is 146 Å². The maximum absolute atomic E-state index is 10.1. The van der Waals surface area contributed by atoms with E-state index in [0.717, 1.165) is 38.5 Å². The van der Waals surface area contributed by atoms with Crippen LogP contribution in [-0.4, -0.2) is 80.1 Å². The minimum atomic E-state index is -0.431. The van der Waals surface area contributed by atoms with Gasteiger partial charge < -0.3 is 19.5 Å². The standard InChI is InChI=1S/C19H32N2O3/c1-4-20-7-9-21(10-8-20)14-18(22)15-23-11-12-24-19-6-5-16(2)17(3)13-19/h5-6,13,18,22H,4,7-12,14-15H2,1-3H3/t18-/m1/s1. The summed E-state index contributed by atoms with van der Waals surface area (Å²) in [6.07, 6.45) is -0.431. The van der Waals surface area contributed by atoms with Gasteiger partial charge in [0, 0.05) is 32.7 Å². The SMILES string of the molecule is CCN1CCN(C[C@@H](O)COCCOc2ccc(C)c(C)c2)CC1. The highest BCUT2D eigenvalue weighted by molar-refractivity contribution is 5.33. The molecule has 1 aliphatic rings. The Balaban J connectivity index is 1.54. The van der Waals surface area contributed by atoms with Crippen LogP contribution in [-0.2, 0) is 4.74 Å². The van der Waals surface area contributed by atoms with Gasteiger partial charge in [0.2, 0.25) is 0 Å². The summed E-state index contributed by atoms with van der Waals surface area (Å²) in [6.45, 7) is 13.8. The van der Waals surface area contributed by atoms with Crippen molar-refractivity contribution in [2.45, 2.75) is 26.9 Å². The van der Waals surface area contributed by atoms with Crippen molar-refractivity contribution in [1.29, 1.82) is 0 Å². The zero-order valence-electron chi connectivity index (χ0n) is 15.3. The summed E-state index contributed by atoms with van der Waals surface area (Å²) in [6, 6.07) is 6.08. The fourth-order valence-electron chi connectivity index (χ4n) is 2.88. The van der Waals surface area contributed by atoms with Gasteiger partial charge in [-0.05, 0) is 43.7 Å². The molecule has 0 unspecified atom stereocenters.